The highest BCUT2D eigenvalue weighted by molar-refractivity contribution is 5.81. The van der Waals surface area contributed by atoms with Gasteiger partial charge in [-0.25, -0.2) is 0 Å². The van der Waals surface area contributed by atoms with Crippen molar-refractivity contribution in [2.75, 3.05) is 26.3 Å². The van der Waals surface area contributed by atoms with Gasteiger partial charge in [0.1, 0.15) is 0 Å². The first kappa shape index (κ1) is 12.8. The van der Waals surface area contributed by atoms with Gasteiger partial charge in [0, 0.05) is 19.1 Å². The minimum Gasteiger partial charge on any atom is -0.378 e. The predicted molar refractivity (Wildman–Crippen MR) is 66.9 cm³/mol. The lowest BCUT2D eigenvalue weighted by Crippen LogP contribution is -2.51. The van der Waals surface area contributed by atoms with Gasteiger partial charge in [-0.05, 0) is 19.8 Å². The Kier molecular flexibility index (Phi) is 4.80. The molecular weight excluding hydrogens is 216 g/mol. The topological polar surface area (TPSA) is 41.6 Å². The Labute approximate surface area is 104 Å². The van der Waals surface area contributed by atoms with Gasteiger partial charge in [0.15, 0.2) is 0 Å². The van der Waals surface area contributed by atoms with E-state index in [1.54, 1.807) is 0 Å². The Morgan fingerprint density at radius 1 is 1.24 bits per heavy atom. The van der Waals surface area contributed by atoms with E-state index in [0.717, 1.165) is 13.1 Å². The van der Waals surface area contributed by atoms with Gasteiger partial charge in [0.05, 0.1) is 19.3 Å². The molecule has 1 aliphatic carbocycles. The third-order valence-corrected chi connectivity index (χ3v) is 3.78. The van der Waals surface area contributed by atoms with Gasteiger partial charge in [0.2, 0.25) is 5.91 Å². The van der Waals surface area contributed by atoms with Crippen molar-refractivity contribution >= 4 is 5.91 Å². The van der Waals surface area contributed by atoms with E-state index in [4.69, 9.17) is 4.74 Å². The Bertz CT molecular complexity index is 246. The van der Waals surface area contributed by atoms with E-state index >= 15 is 0 Å². The van der Waals surface area contributed by atoms with Crippen molar-refractivity contribution in [1.29, 1.82) is 0 Å². The second-order valence-corrected chi connectivity index (χ2v) is 5.16. The highest BCUT2D eigenvalue weighted by Crippen LogP contribution is 2.18. The molecule has 1 saturated heterocycles. The lowest BCUT2D eigenvalue weighted by atomic mass is 9.95. The summed E-state index contributed by atoms with van der Waals surface area (Å²) in [7, 11) is 0. The van der Waals surface area contributed by atoms with Gasteiger partial charge in [-0.15, -0.1) is 0 Å². The third kappa shape index (κ3) is 3.68. The first-order valence-corrected chi connectivity index (χ1v) is 6.90. The molecule has 4 heteroatoms. The fourth-order valence-electron chi connectivity index (χ4n) is 2.75. The molecule has 4 nitrogen and oxygen atoms in total. The second kappa shape index (κ2) is 6.36. The summed E-state index contributed by atoms with van der Waals surface area (Å²) in [6, 6.07) is 0.500. The molecule has 0 unspecified atom stereocenters. The van der Waals surface area contributed by atoms with Crippen LogP contribution >= 0.6 is 0 Å². The van der Waals surface area contributed by atoms with Gasteiger partial charge in [-0.3, -0.25) is 4.79 Å². The highest BCUT2D eigenvalue weighted by atomic mass is 16.5. The van der Waals surface area contributed by atoms with Crippen molar-refractivity contribution in [2.45, 2.75) is 51.1 Å². The van der Waals surface area contributed by atoms with E-state index in [2.05, 4.69) is 5.32 Å². The smallest absolute Gasteiger partial charge is 0.239 e. The number of carbonyl (C=O) groups excluding carboxylic acids is 1. The fourth-order valence-corrected chi connectivity index (χ4v) is 2.75. The number of morpholine rings is 1. The molecule has 17 heavy (non-hydrogen) atoms. The first-order valence-electron chi connectivity index (χ1n) is 6.90. The summed E-state index contributed by atoms with van der Waals surface area (Å²) in [5, 5.41) is 3.48. The van der Waals surface area contributed by atoms with E-state index < -0.39 is 0 Å². The highest BCUT2D eigenvalue weighted by Gasteiger charge is 2.24. The van der Waals surface area contributed by atoms with Crippen LogP contribution in [0.4, 0.5) is 0 Å². The molecule has 1 amide bonds. The molecule has 98 valence electrons. The van der Waals surface area contributed by atoms with Gasteiger partial charge in [-0.2, -0.15) is 0 Å². The zero-order valence-corrected chi connectivity index (χ0v) is 10.8. The average molecular weight is 240 g/mol. The van der Waals surface area contributed by atoms with Crippen LogP contribution in [0.15, 0.2) is 0 Å². The van der Waals surface area contributed by atoms with Crippen LogP contribution in [0, 0.1) is 0 Å². The number of nitrogens with one attached hydrogen (secondary N) is 1. The molecule has 1 atom stereocenters. The lowest BCUT2D eigenvalue weighted by molar-refractivity contribution is -0.137. The molecule has 1 N–H and O–H groups in total. The van der Waals surface area contributed by atoms with Crippen molar-refractivity contribution in [3.8, 4) is 0 Å². The standard InChI is InChI=1S/C13H24N2O2/c1-11(14-12-5-3-2-4-6-12)13(16)15-7-9-17-10-8-15/h11-12,14H,2-10H2,1H3/t11-/m1/s1. The minimum absolute atomic E-state index is 0.0452. The number of ether oxygens (including phenoxy) is 1. The monoisotopic (exact) mass is 240 g/mol. The lowest BCUT2D eigenvalue weighted by Gasteiger charge is -2.32. The second-order valence-electron chi connectivity index (χ2n) is 5.16. The van der Waals surface area contributed by atoms with Crippen LogP contribution < -0.4 is 5.32 Å². The minimum atomic E-state index is -0.0452. The average Bonchev–Trinajstić information content (AvgIpc) is 2.40. The summed E-state index contributed by atoms with van der Waals surface area (Å²) >= 11 is 0. The maximum Gasteiger partial charge on any atom is 0.239 e. The third-order valence-electron chi connectivity index (χ3n) is 3.78. The van der Waals surface area contributed by atoms with E-state index in [9.17, 15) is 4.79 Å². The van der Waals surface area contributed by atoms with Crippen LogP contribution in [0.3, 0.4) is 0 Å². The maximum atomic E-state index is 12.2. The molecule has 1 heterocycles. The molecule has 2 fully saturated rings. The molecule has 2 rings (SSSR count). The number of nitrogens with zero attached hydrogens (tertiary/aromatic N) is 1. The van der Waals surface area contributed by atoms with Gasteiger partial charge in [0.25, 0.3) is 0 Å². The molecule has 0 aromatic carbocycles. The zero-order chi connectivity index (χ0) is 12.1. The molecule has 2 aliphatic rings. The molecule has 0 aromatic heterocycles. The van der Waals surface area contributed by atoms with Crippen LogP contribution in [0.1, 0.15) is 39.0 Å². The number of amides is 1. The fraction of sp³-hybridized carbons (Fsp3) is 0.923. The Balaban J connectivity index is 1.77. The Hall–Kier alpha value is -0.610. The molecule has 0 radical (unpaired) electrons. The van der Waals surface area contributed by atoms with Gasteiger partial charge in [-0.1, -0.05) is 19.3 Å². The largest absolute Gasteiger partial charge is 0.378 e. The number of carbonyl (C=O) groups is 1. The van der Waals surface area contributed by atoms with E-state index in [1.807, 2.05) is 11.8 Å². The number of hydrogen-bond acceptors (Lipinski definition) is 3. The molecular formula is C13H24N2O2. The van der Waals surface area contributed by atoms with Gasteiger partial charge >= 0.3 is 0 Å². The van der Waals surface area contributed by atoms with Crippen molar-refractivity contribution in [1.82, 2.24) is 10.2 Å². The van der Waals surface area contributed by atoms with Crippen molar-refractivity contribution in [3.63, 3.8) is 0 Å². The normalized spacial score (nSPS) is 24.6. The van der Waals surface area contributed by atoms with Crippen LogP contribution in [0.25, 0.3) is 0 Å². The summed E-state index contributed by atoms with van der Waals surface area (Å²) in [6.45, 7) is 4.85. The summed E-state index contributed by atoms with van der Waals surface area (Å²) in [6.07, 6.45) is 6.40. The van der Waals surface area contributed by atoms with E-state index in [-0.39, 0.29) is 11.9 Å². The summed E-state index contributed by atoms with van der Waals surface area (Å²) < 4.78 is 5.27. The molecule has 0 bridgehead atoms. The Morgan fingerprint density at radius 3 is 2.53 bits per heavy atom. The summed E-state index contributed by atoms with van der Waals surface area (Å²) in [5.74, 6) is 0.235. The van der Waals surface area contributed by atoms with Gasteiger partial charge < -0.3 is 15.0 Å². The van der Waals surface area contributed by atoms with Crippen molar-refractivity contribution in [3.05, 3.63) is 0 Å². The van der Waals surface area contributed by atoms with Crippen LogP contribution in [-0.4, -0.2) is 49.2 Å². The maximum absolute atomic E-state index is 12.2. The quantitative estimate of drug-likeness (QED) is 0.805. The molecule has 1 aliphatic heterocycles. The van der Waals surface area contributed by atoms with Crippen molar-refractivity contribution < 1.29 is 9.53 Å². The molecule has 0 aromatic rings. The number of rotatable bonds is 3. The molecule has 1 saturated carbocycles. The van der Waals surface area contributed by atoms with Crippen molar-refractivity contribution in [2.24, 2.45) is 0 Å². The van der Waals surface area contributed by atoms with E-state index in [1.165, 1.54) is 32.1 Å². The number of hydrogen-bond donors (Lipinski definition) is 1. The predicted octanol–water partition coefficient (Wildman–Crippen LogP) is 1.16. The van der Waals surface area contributed by atoms with Crippen LogP contribution in [0.5, 0.6) is 0 Å². The zero-order valence-electron chi connectivity index (χ0n) is 10.8. The first-order chi connectivity index (χ1) is 8.27. The Morgan fingerprint density at radius 2 is 1.88 bits per heavy atom. The van der Waals surface area contributed by atoms with Crippen LogP contribution in [-0.2, 0) is 9.53 Å². The molecule has 0 spiro atoms. The van der Waals surface area contributed by atoms with Crippen LogP contribution in [0.2, 0.25) is 0 Å². The SMILES string of the molecule is C[C@@H](NC1CCCCC1)C(=O)N1CCOCC1. The summed E-state index contributed by atoms with van der Waals surface area (Å²) in [4.78, 5) is 14.1. The van der Waals surface area contributed by atoms with E-state index in [0.29, 0.717) is 19.3 Å². The summed E-state index contributed by atoms with van der Waals surface area (Å²) in [5.41, 5.74) is 0.